The Labute approximate surface area is 116 Å². The number of esters is 1. The van der Waals surface area contributed by atoms with Gasteiger partial charge in [0.05, 0.1) is 13.7 Å². The van der Waals surface area contributed by atoms with Crippen LogP contribution in [0.25, 0.3) is 0 Å². The van der Waals surface area contributed by atoms with Gasteiger partial charge in [-0.1, -0.05) is 45.0 Å². The summed E-state index contributed by atoms with van der Waals surface area (Å²) >= 11 is 0. The van der Waals surface area contributed by atoms with Crippen molar-refractivity contribution in [1.29, 1.82) is 0 Å². The van der Waals surface area contributed by atoms with Crippen molar-refractivity contribution in [3.63, 3.8) is 0 Å². The Bertz CT molecular complexity index is 404. The van der Waals surface area contributed by atoms with Crippen molar-refractivity contribution in [2.24, 2.45) is 0 Å². The summed E-state index contributed by atoms with van der Waals surface area (Å²) < 4.78 is 4.65. The lowest BCUT2D eigenvalue weighted by atomic mass is 9.86. The number of carbonyl (C=O) groups is 1. The van der Waals surface area contributed by atoms with Gasteiger partial charge in [-0.25, -0.2) is 0 Å². The van der Waals surface area contributed by atoms with E-state index in [9.17, 15) is 4.79 Å². The molecule has 3 heteroatoms. The maximum Gasteiger partial charge on any atom is 0.319 e. The molecule has 0 saturated carbocycles. The van der Waals surface area contributed by atoms with Gasteiger partial charge in [-0.2, -0.15) is 0 Å². The molecule has 1 aromatic rings. The largest absolute Gasteiger partial charge is 0.468 e. The molecule has 0 aliphatic carbocycles. The first-order chi connectivity index (χ1) is 8.82. The van der Waals surface area contributed by atoms with Gasteiger partial charge in [0.1, 0.15) is 0 Å². The normalized spacial score (nSPS) is 11.7. The number of hydrogen-bond acceptors (Lipinski definition) is 3. The van der Waals surface area contributed by atoms with E-state index in [2.05, 4.69) is 49.8 Å². The number of benzene rings is 1. The van der Waals surface area contributed by atoms with E-state index in [1.54, 1.807) is 0 Å². The zero-order valence-corrected chi connectivity index (χ0v) is 12.7. The number of methoxy groups -OCH3 is 1. The topological polar surface area (TPSA) is 29.5 Å². The molecule has 19 heavy (non-hydrogen) atoms. The molecule has 1 rings (SSSR count). The first-order valence-electron chi connectivity index (χ1n) is 6.67. The van der Waals surface area contributed by atoms with E-state index < -0.39 is 0 Å². The summed E-state index contributed by atoms with van der Waals surface area (Å²) in [6, 6.07) is 8.73. The van der Waals surface area contributed by atoms with Crippen LogP contribution in [0, 0.1) is 0 Å². The van der Waals surface area contributed by atoms with Gasteiger partial charge in [-0.15, -0.1) is 0 Å². The molecule has 0 N–H and O–H groups in total. The lowest BCUT2D eigenvalue weighted by molar-refractivity contribution is -0.141. The molecule has 0 aromatic heterocycles. The van der Waals surface area contributed by atoms with E-state index in [0.29, 0.717) is 6.54 Å². The third kappa shape index (κ3) is 5.43. The molecule has 0 aliphatic heterocycles. The Hall–Kier alpha value is -1.35. The van der Waals surface area contributed by atoms with Gasteiger partial charge in [0.25, 0.3) is 0 Å². The fourth-order valence-corrected chi connectivity index (χ4v) is 1.86. The van der Waals surface area contributed by atoms with Gasteiger partial charge >= 0.3 is 5.97 Å². The van der Waals surface area contributed by atoms with Gasteiger partial charge in [-0.05, 0) is 30.0 Å². The Morgan fingerprint density at radius 3 is 2.26 bits per heavy atom. The summed E-state index contributed by atoms with van der Waals surface area (Å²) in [5, 5.41) is 0. The van der Waals surface area contributed by atoms with Crippen LogP contribution in [0.4, 0.5) is 0 Å². The first-order valence-corrected chi connectivity index (χ1v) is 6.67. The van der Waals surface area contributed by atoms with Gasteiger partial charge in [0.2, 0.25) is 0 Å². The Balaban J connectivity index is 2.48. The third-order valence-corrected chi connectivity index (χ3v) is 3.23. The number of rotatable bonds is 5. The Kier molecular flexibility index (Phi) is 5.55. The summed E-state index contributed by atoms with van der Waals surface area (Å²) in [6.45, 7) is 7.84. The summed E-state index contributed by atoms with van der Waals surface area (Å²) in [5.74, 6) is -0.189. The van der Waals surface area contributed by atoms with Crippen LogP contribution in [0.5, 0.6) is 0 Å². The molecule has 0 bridgehead atoms. The van der Waals surface area contributed by atoms with E-state index in [4.69, 9.17) is 0 Å². The quantitative estimate of drug-likeness (QED) is 0.765. The van der Waals surface area contributed by atoms with Crippen molar-refractivity contribution >= 4 is 5.97 Å². The number of carbonyl (C=O) groups excluding carboxylic acids is 1. The average Bonchev–Trinajstić information content (AvgIpc) is 2.35. The molecule has 0 unspecified atom stereocenters. The maximum atomic E-state index is 11.1. The molecule has 0 spiro atoms. The zero-order valence-electron chi connectivity index (χ0n) is 12.7. The highest BCUT2D eigenvalue weighted by Crippen LogP contribution is 2.22. The summed E-state index contributed by atoms with van der Waals surface area (Å²) in [7, 11) is 3.35. The standard InChI is InChI=1S/C16H25NO2/c1-16(2,3)14-8-6-13(7-9-14)10-11-17(4)12-15(18)19-5/h6-9H,10-12H2,1-5H3. The zero-order chi connectivity index (χ0) is 14.5. The van der Waals surface area contributed by atoms with Gasteiger partial charge in [0.15, 0.2) is 0 Å². The van der Waals surface area contributed by atoms with Gasteiger partial charge < -0.3 is 4.74 Å². The van der Waals surface area contributed by atoms with Gasteiger partial charge in [-0.3, -0.25) is 9.69 Å². The second-order valence-corrected chi connectivity index (χ2v) is 6.01. The van der Waals surface area contributed by atoms with E-state index in [1.807, 2.05) is 11.9 Å². The molecule has 0 atom stereocenters. The van der Waals surface area contributed by atoms with Crippen molar-refractivity contribution in [3.8, 4) is 0 Å². The number of nitrogens with zero attached hydrogens (tertiary/aromatic N) is 1. The van der Waals surface area contributed by atoms with E-state index in [-0.39, 0.29) is 11.4 Å². The molecule has 0 aliphatic rings. The van der Waals surface area contributed by atoms with Crippen molar-refractivity contribution < 1.29 is 9.53 Å². The smallest absolute Gasteiger partial charge is 0.319 e. The van der Waals surface area contributed by atoms with Crippen LogP contribution in [0.1, 0.15) is 31.9 Å². The minimum Gasteiger partial charge on any atom is -0.468 e. The van der Waals surface area contributed by atoms with Crippen LogP contribution in [0.15, 0.2) is 24.3 Å². The molecular formula is C16H25NO2. The highest BCUT2D eigenvalue weighted by molar-refractivity contribution is 5.71. The van der Waals surface area contributed by atoms with Crippen LogP contribution in [0.2, 0.25) is 0 Å². The van der Waals surface area contributed by atoms with E-state index in [0.717, 1.165) is 13.0 Å². The van der Waals surface area contributed by atoms with Crippen LogP contribution >= 0.6 is 0 Å². The van der Waals surface area contributed by atoms with Crippen LogP contribution in [-0.4, -0.2) is 38.1 Å². The average molecular weight is 263 g/mol. The van der Waals surface area contributed by atoms with Crippen molar-refractivity contribution in [1.82, 2.24) is 4.90 Å². The third-order valence-electron chi connectivity index (χ3n) is 3.23. The fraction of sp³-hybridized carbons (Fsp3) is 0.562. The number of ether oxygens (including phenoxy) is 1. The SMILES string of the molecule is COC(=O)CN(C)CCc1ccc(C(C)(C)C)cc1. The fourth-order valence-electron chi connectivity index (χ4n) is 1.86. The van der Waals surface area contributed by atoms with E-state index >= 15 is 0 Å². The lowest BCUT2D eigenvalue weighted by Crippen LogP contribution is -2.28. The van der Waals surface area contributed by atoms with Crippen LogP contribution in [0.3, 0.4) is 0 Å². The Morgan fingerprint density at radius 2 is 1.79 bits per heavy atom. The van der Waals surface area contributed by atoms with Crippen LogP contribution in [-0.2, 0) is 21.4 Å². The van der Waals surface area contributed by atoms with Crippen molar-refractivity contribution in [2.45, 2.75) is 32.6 Å². The monoisotopic (exact) mass is 263 g/mol. The summed E-state index contributed by atoms with van der Waals surface area (Å²) in [5.41, 5.74) is 2.84. The second kappa shape index (κ2) is 6.71. The number of hydrogen-bond donors (Lipinski definition) is 0. The minimum atomic E-state index is -0.189. The predicted molar refractivity (Wildman–Crippen MR) is 78.4 cm³/mol. The summed E-state index contributed by atoms with van der Waals surface area (Å²) in [6.07, 6.45) is 0.942. The molecule has 0 radical (unpaired) electrons. The molecule has 0 heterocycles. The minimum absolute atomic E-state index is 0.189. The summed E-state index contributed by atoms with van der Waals surface area (Å²) in [4.78, 5) is 13.1. The molecular weight excluding hydrogens is 238 g/mol. The first kappa shape index (κ1) is 15.7. The molecule has 106 valence electrons. The van der Waals surface area contributed by atoms with Gasteiger partial charge in [0, 0.05) is 6.54 Å². The lowest BCUT2D eigenvalue weighted by Gasteiger charge is -2.19. The molecule has 0 saturated heterocycles. The van der Waals surface area contributed by atoms with E-state index in [1.165, 1.54) is 18.2 Å². The molecule has 0 amide bonds. The number of likely N-dealkylation sites (N-methyl/N-ethyl adjacent to an activating group) is 1. The predicted octanol–water partition coefficient (Wildman–Crippen LogP) is 2.63. The maximum absolute atomic E-state index is 11.1. The Morgan fingerprint density at radius 1 is 1.21 bits per heavy atom. The molecule has 0 fully saturated rings. The molecule has 3 nitrogen and oxygen atoms in total. The highest BCUT2D eigenvalue weighted by Gasteiger charge is 2.13. The second-order valence-electron chi connectivity index (χ2n) is 6.01. The highest BCUT2D eigenvalue weighted by atomic mass is 16.5. The van der Waals surface area contributed by atoms with Crippen molar-refractivity contribution in [2.75, 3.05) is 27.2 Å². The van der Waals surface area contributed by atoms with Crippen molar-refractivity contribution in [3.05, 3.63) is 35.4 Å². The molecule has 1 aromatic carbocycles. The van der Waals surface area contributed by atoms with Crippen LogP contribution < -0.4 is 0 Å².